The molecule has 18 heavy (non-hydrogen) atoms. The van der Waals surface area contributed by atoms with Gasteiger partial charge in [-0.1, -0.05) is 29.3 Å². The molecule has 1 aliphatic rings. The quantitative estimate of drug-likeness (QED) is 0.890. The van der Waals surface area contributed by atoms with Crippen molar-refractivity contribution in [3.8, 4) is 0 Å². The number of benzene rings is 1. The number of aliphatic hydroxyl groups is 1. The number of rotatable bonds is 3. The van der Waals surface area contributed by atoms with E-state index in [1.807, 2.05) is 0 Å². The van der Waals surface area contributed by atoms with Gasteiger partial charge in [-0.2, -0.15) is 0 Å². The van der Waals surface area contributed by atoms with E-state index in [2.05, 4.69) is 32.0 Å². The predicted molar refractivity (Wildman–Crippen MR) is 73.8 cm³/mol. The molecule has 0 aliphatic heterocycles. The van der Waals surface area contributed by atoms with Crippen molar-refractivity contribution in [1.29, 1.82) is 0 Å². The largest absolute Gasteiger partial charge is 0.390 e. The van der Waals surface area contributed by atoms with Gasteiger partial charge in [-0.25, -0.2) is 0 Å². The molecule has 1 aromatic rings. The van der Waals surface area contributed by atoms with Crippen LogP contribution >= 0.6 is 0 Å². The first kappa shape index (κ1) is 13.6. The summed E-state index contributed by atoms with van der Waals surface area (Å²) in [5, 5.41) is 10.7. The van der Waals surface area contributed by atoms with E-state index in [-0.39, 0.29) is 0 Å². The molecular formula is C16H24O2. The van der Waals surface area contributed by atoms with Gasteiger partial charge in [0, 0.05) is 13.5 Å². The van der Waals surface area contributed by atoms with Gasteiger partial charge in [0.05, 0.1) is 11.7 Å². The van der Waals surface area contributed by atoms with E-state index in [0.717, 1.165) is 32.1 Å². The Morgan fingerprint density at radius 3 is 2.22 bits per heavy atom. The second-order valence-corrected chi connectivity index (χ2v) is 5.83. The summed E-state index contributed by atoms with van der Waals surface area (Å²) in [7, 11) is 1.76. The van der Waals surface area contributed by atoms with Crippen molar-refractivity contribution in [2.24, 2.45) is 0 Å². The second kappa shape index (κ2) is 5.41. The Balaban J connectivity index is 2.04. The van der Waals surface area contributed by atoms with Gasteiger partial charge in [0.25, 0.3) is 0 Å². The van der Waals surface area contributed by atoms with Crippen molar-refractivity contribution in [2.75, 3.05) is 7.11 Å². The van der Waals surface area contributed by atoms with E-state index >= 15 is 0 Å². The van der Waals surface area contributed by atoms with E-state index in [9.17, 15) is 5.11 Å². The van der Waals surface area contributed by atoms with E-state index in [0.29, 0.717) is 6.10 Å². The summed E-state index contributed by atoms with van der Waals surface area (Å²) in [6, 6.07) is 6.55. The third-order valence-corrected chi connectivity index (χ3v) is 4.01. The van der Waals surface area contributed by atoms with Crippen molar-refractivity contribution in [3.63, 3.8) is 0 Å². The monoisotopic (exact) mass is 248 g/mol. The van der Waals surface area contributed by atoms with E-state index in [1.54, 1.807) is 7.11 Å². The summed E-state index contributed by atoms with van der Waals surface area (Å²) >= 11 is 0. The van der Waals surface area contributed by atoms with Crippen LogP contribution in [0.4, 0.5) is 0 Å². The first-order valence-electron chi connectivity index (χ1n) is 6.83. The molecule has 2 heteroatoms. The summed E-state index contributed by atoms with van der Waals surface area (Å²) in [5.41, 5.74) is 3.28. The topological polar surface area (TPSA) is 29.5 Å². The Hall–Kier alpha value is -0.860. The van der Waals surface area contributed by atoms with Crippen LogP contribution in [0.3, 0.4) is 0 Å². The maximum absolute atomic E-state index is 10.7. The molecule has 100 valence electrons. The molecule has 1 aliphatic carbocycles. The molecule has 0 spiro atoms. The predicted octanol–water partition coefficient (Wildman–Crippen LogP) is 3.17. The Labute approximate surface area is 110 Å². The average Bonchev–Trinajstić information content (AvgIpc) is 2.28. The highest BCUT2D eigenvalue weighted by molar-refractivity contribution is 5.29. The molecule has 0 bridgehead atoms. The lowest BCUT2D eigenvalue weighted by atomic mass is 9.79. The van der Waals surface area contributed by atoms with Crippen molar-refractivity contribution < 1.29 is 9.84 Å². The third kappa shape index (κ3) is 3.33. The Bertz CT molecular complexity index is 383. The minimum atomic E-state index is -0.532. The molecule has 0 amide bonds. The van der Waals surface area contributed by atoms with Gasteiger partial charge in [0.2, 0.25) is 0 Å². The van der Waals surface area contributed by atoms with Gasteiger partial charge in [-0.05, 0) is 45.1 Å². The summed E-state index contributed by atoms with van der Waals surface area (Å²) in [5.74, 6) is 0. The molecule has 0 unspecified atom stereocenters. The fraction of sp³-hybridized carbons (Fsp3) is 0.625. The molecular weight excluding hydrogens is 224 g/mol. The minimum Gasteiger partial charge on any atom is -0.390 e. The Kier molecular flexibility index (Phi) is 4.08. The molecule has 1 aromatic carbocycles. The molecule has 2 nitrogen and oxygen atoms in total. The van der Waals surface area contributed by atoms with Crippen LogP contribution in [-0.4, -0.2) is 23.9 Å². The maximum Gasteiger partial charge on any atom is 0.0689 e. The number of hydrogen-bond acceptors (Lipinski definition) is 2. The number of hydrogen-bond donors (Lipinski definition) is 1. The lowest BCUT2D eigenvalue weighted by Gasteiger charge is -2.35. The molecule has 0 radical (unpaired) electrons. The zero-order chi connectivity index (χ0) is 13.2. The lowest BCUT2D eigenvalue weighted by molar-refractivity contribution is -0.0427. The van der Waals surface area contributed by atoms with Crippen LogP contribution in [0.2, 0.25) is 0 Å². The Morgan fingerprint density at radius 1 is 1.17 bits per heavy atom. The summed E-state index contributed by atoms with van der Waals surface area (Å²) < 4.78 is 5.36. The fourth-order valence-electron chi connectivity index (χ4n) is 3.09. The summed E-state index contributed by atoms with van der Waals surface area (Å²) in [4.78, 5) is 0. The number of aryl methyl sites for hydroxylation is 2. The van der Waals surface area contributed by atoms with Gasteiger partial charge < -0.3 is 9.84 Å². The second-order valence-electron chi connectivity index (χ2n) is 5.83. The number of methoxy groups -OCH3 is 1. The van der Waals surface area contributed by atoms with Crippen molar-refractivity contribution in [3.05, 3.63) is 34.9 Å². The van der Waals surface area contributed by atoms with Crippen molar-refractivity contribution >= 4 is 0 Å². The molecule has 2 rings (SSSR count). The van der Waals surface area contributed by atoms with Gasteiger partial charge in [-0.3, -0.25) is 0 Å². The molecule has 0 saturated heterocycles. The molecule has 0 atom stereocenters. The standard InChI is InChI=1S/C16H24O2/c1-12-8-13(2)10-14(9-12)11-16(17)6-4-15(18-3)5-7-16/h8-10,15,17H,4-7,11H2,1-3H3. The van der Waals surface area contributed by atoms with Crippen LogP contribution in [0.5, 0.6) is 0 Å². The molecule has 1 saturated carbocycles. The lowest BCUT2D eigenvalue weighted by Crippen LogP contribution is -2.38. The van der Waals surface area contributed by atoms with Gasteiger partial charge >= 0.3 is 0 Å². The van der Waals surface area contributed by atoms with Crippen LogP contribution in [0.15, 0.2) is 18.2 Å². The van der Waals surface area contributed by atoms with Crippen LogP contribution in [0, 0.1) is 13.8 Å². The zero-order valence-electron chi connectivity index (χ0n) is 11.7. The van der Waals surface area contributed by atoms with Gasteiger partial charge in [0.15, 0.2) is 0 Å². The maximum atomic E-state index is 10.7. The molecule has 0 aromatic heterocycles. The van der Waals surface area contributed by atoms with Gasteiger partial charge in [-0.15, -0.1) is 0 Å². The van der Waals surface area contributed by atoms with Gasteiger partial charge in [0.1, 0.15) is 0 Å². The van der Waals surface area contributed by atoms with Crippen molar-refractivity contribution in [2.45, 2.75) is 57.7 Å². The van der Waals surface area contributed by atoms with Crippen LogP contribution in [0.25, 0.3) is 0 Å². The third-order valence-electron chi connectivity index (χ3n) is 4.01. The van der Waals surface area contributed by atoms with Crippen LogP contribution < -0.4 is 0 Å². The molecule has 0 heterocycles. The summed E-state index contributed by atoms with van der Waals surface area (Å²) in [6.07, 6.45) is 4.74. The normalized spacial score (nSPS) is 28.3. The smallest absolute Gasteiger partial charge is 0.0689 e. The number of ether oxygens (including phenoxy) is 1. The van der Waals surface area contributed by atoms with E-state index in [1.165, 1.54) is 16.7 Å². The fourth-order valence-corrected chi connectivity index (χ4v) is 3.09. The van der Waals surface area contributed by atoms with Crippen molar-refractivity contribution in [1.82, 2.24) is 0 Å². The summed E-state index contributed by atoms with van der Waals surface area (Å²) in [6.45, 7) is 4.23. The van der Waals surface area contributed by atoms with Crippen LogP contribution in [-0.2, 0) is 11.2 Å². The first-order valence-corrected chi connectivity index (χ1v) is 6.83. The SMILES string of the molecule is COC1CCC(O)(Cc2cc(C)cc(C)c2)CC1. The van der Waals surface area contributed by atoms with Crippen LogP contribution in [0.1, 0.15) is 42.4 Å². The first-order chi connectivity index (χ1) is 8.50. The average molecular weight is 248 g/mol. The highest BCUT2D eigenvalue weighted by Gasteiger charge is 2.33. The highest BCUT2D eigenvalue weighted by Crippen LogP contribution is 2.32. The Morgan fingerprint density at radius 2 is 1.72 bits per heavy atom. The van der Waals surface area contributed by atoms with E-state index < -0.39 is 5.60 Å². The zero-order valence-corrected chi connectivity index (χ0v) is 11.7. The molecule has 1 fully saturated rings. The van der Waals surface area contributed by atoms with E-state index in [4.69, 9.17) is 4.74 Å². The minimum absolute atomic E-state index is 0.338. The molecule has 1 N–H and O–H groups in total. The highest BCUT2D eigenvalue weighted by atomic mass is 16.5.